The molecule has 0 saturated carbocycles. The van der Waals surface area contributed by atoms with Gasteiger partial charge in [-0.2, -0.15) is 0 Å². The van der Waals surface area contributed by atoms with Crippen LogP contribution in [0, 0.1) is 0 Å². The van der Waals surface area contributed by atoms with Crippen LogP contribution in [0.3, 0.4) is 0 Å². The van der Waals surface area contributed by atoms with Gasteiger partial charge in [-0.05, 0) is 43.8 Å². The Hall–Kier alpha value is -0.860. The van der Waals surface area contributed by atoms with Gasteiger partial charge in [0.25, 0.3) is 0 Å². The molecule has 4 rings (SSSR count). The zero-order chi connectivity index (χ0) is 15.6. The van der Waals surface area contributed by atoms with Crippen molar-refractivity contribution in [2.24, 2.45) is 0 Å². The van der Waals surface area contributed by atoms with E-state index in [9.17, 15) is 0 Å². The van der Waals surface area contributed by atoms with Gasteiger partial charge < -0.3 is 4.52 Å². The molecule has 0 aromatic heterocycles. The standard InChI is InChI=1S/C19H23NOPS/c1-22-20-14-8-13-18(20)19(21-22)15-23(16-9-4-2-5-10-16)17-11-6-3-7-12-17/h2-7,9-12,18-19H,8,13-15H2,1H3/q+1/t18-,19+,22?/m1/s1. The van der Waals surface area contributed by atoms with Gasteiger partial charge in [0, 0.05) is 12.6 Å². The molecule has 0 radical (unpaired) electrons. The predicted molar refractivity (Wildman–Crippen MR) is 99.1 cm³/mol. The van der Waals surface area contributed by atoms with Crippen LogP contribution in [0.25, 0.3) is 0 Å². The van der Waals surface area contributed by atoms with Crippen molar-refractivity contribution in [1.29, 1.82) is 0 Å². The molecule has 0 N–H and O–H groups in total. The summed E-state index contributed by atoms with van der Waals surface area (Å²) in [6, 6.07) is 22.6. The SMILES string of the molecule is CP1O[C@@H](C[S+](c2ccccc2)c2ccccc2)[C@H]2CCCN21. The molecule has 2 fully saturated rings. The number of hydrogen-bond acceptors (Lipinski definition) is 2. The van der Waals surface area contributed by atoms with Crippen molar-refractivity contribution in [2.45, 2.75) is 34.8 Å². The van der Waals surface area contributed by atoms with E-state index in [1.165, 1.54) is 29.2 Å². The number of rotatable bonds is 4. The highest BCUT2D eigenvalue weighted by Crippen LogP contribution is 2.52. The van der Waals surface area contributed by atoms with E-state index in [0.29, 0.717) is 12.1 Å². The highest BCUT2D eigenvalue weighted by molar-refractivity contribution is 7.97. The summed E-state index contributed by atoms with van der Waals surface area (Å²) in [4.78, 5) is 2.86. The third-order valence-corrected chi connectivity index (χ3v) is 8.88. The molecular weight excluding hydrogens is 321 g/mol. The minimum atomic E-state index is -0.375. The third kappa shape index (κ3) is 3.21. The molecule has 2 aliphatic heterocycles. The fraction of sp³-hybridized carbons (Fsp3) is 0.368. The van der Waals surface area contributed by atoms with Crippen molar-refractivity contribution in [3.8, 4) is 0 Å². The Morgan fingerprint density at radius 1 is 1.04 bits per heavy atom. The minimum absolute atomic E-state index is 0.0932. The second-order valence-corrected chi connectivity index (χ2v) is 9.87. The van der Waals surface area contributed by atoms with Crippen molar-refractivity contribution in [2.75, 3.05) is 19.0 Å². The predicted octanol–water partition coefficient (Wildman–Crippen LogP) is 4.53. The van der Waals surface area contributed by atoms with Gasteiger partial charge in [-0.15, -0.1) is 0 Å². The van der Waals surface area contributed by atoms with E-state index in [1.54, 1.807) is 0 Å². The molecule has 0 aliphatic carbocycles. The molecule has 1 unspecified atom stereocenters. The molecule has 0 amide bonds. The van der Waals surface area contributed by atoms with E-state index in [0.717, 1.165) is 5.75 Å². The smallest absolute Gasteiger partial charge is 0.160 e. The van der Waals surface area contributed by atoms with Crippen LogP contribution in [0.5, 0.6) is 0 Å². The number of hydrogen-bond donors (Lipinski definition) is 0. The molecule has 2 aromatic carbocycles. The van der Waals surface area contributed by atoms with Crippen molar-refractivity contribution in [3.05, 3.63) is 60.7 Å². The van der Waals surface area contributed by atoms with Crippen LogP contribution in [0.4, 0.5) is 0 Å². The maximum absolute atomic E-state index is 6.40. The number of nitrogens with zero attached hydrogens (tertiary/aromatic N) is 1. The molecule has 2 heterocycles. The summed E-state index contributed by atoms with van der Waals surface area (Å²) >= 11 is 0. The molecule has 0 bridgehead atoms. The molecule has 4 heteroatoms. The Morgan fingerprint density at radius 3 is 2.26 bits per heavy atom. The second kappa shape index (κ2) is 6.94. The Kier molecular flexibility index (Phi) is 4.73. The van der Waals surface area contributed by atoms with Gasteiger partial charge in [0.05, 0.1) is 10.9 Å². The average Bonchev–Trinajstić information content (AvgIpc) is 3.19. The van der Waals surface area contributed by atoms with E-state index in [1.807, 2.05) is 0 Å². The Labute approximate surface area is 143 Å². The zero-order valence-electron chi connectivity index (χ0n) is 13.5. The Morgan fingerprint density at radius 2 is 1.65 bits per heavy atom. The van der Waals surface area contributed by atoms with Crippen LogP contribution in [0.2, 0.25) is 0 Å². The van der Waals surface area contributed by atoms with Gasteiger partial charge in [-0.3, -0.25) is 4.67 Å². The first-order chi connectivity index (χ1) is 11.3. The van der Waals surface area contributed by atoms with Crippen LogP contribution in [0.15, 0.2) is 70.5 Å². The Balaban J connectivity index is 1.62. The van der Waals surface area contributed by atoms with E-state index >= 15 is 0 Å². The lowest BCUT2D eigenvalue weighted by atomic mass is 10.1. The average molecular weight is 344 g/mol. The highest BCUT2D eigenvalue weighted by Gasteiger charge is 2.46. The molecular formula is C19H23NOPS+. The summed E-state index contributed by atoms with van der Waals surface area (Å²) in [6.45, 7) is 3.50. The van der Waals surface area contributed by atoms with Gasteiger partial charge in [-0.25, -0.2) is 0 Å². The lowest BCUT2D eigenvalue weighted by Crippen LogP contribution is -2.33. The first-order valence-electron chi connectivity index (χ1n) is 8.31. The zero-order valence-corrected chi connectivity index (χ0v) is 15.2. The van der Waals surface area contributed by atoms with Crippen molar-refractivity contribution in [1.82, 2.24) is 4.67 Å². The maximum atomic E-state index is 6.40. The summed E-state index contributed by atoms with van der Waals surface area (Å²) < 4.78 is 9.02. The largest absolute Gasteiger partial charge is 0.334 e. The molecule has 23 heavy (non-hydrogen) atoms. The van der Waals surface area contributed by atoms with Crippen molar-refractivity contribution < 1.29 is 4.52 Å². The fourth-order valence-electron chi connectivity index (χ4n) is 3.64. The van der Waals surface area contributed by atoms with E-state index in [2.05, 4.69) is 72.0 Å². The lowest BCUT2D eigenvalue weighted by molar-refractivity contribution is 0.236. The van der Waals surface area contributed by atoms with Gasteiger partial charge in [0.15, 0.2) is 9.79 Å². The molecule has 2 nitrogen and oxygen atoms in total. The molecule has 3 atom stereocenters. The number of benzene rings is 2. The first-order valence-corrected chi connectivity index (χ1v) is 11.4. The fourth-order valence-corrected chi connectivity index (χ4v) is 7.82. The van der Waals surface area contributed by atoms with E-state index < -0.39 is 0 Å². The maximum Gasteiger partial charge on any atom is 0.160 e. The summed E-state index contributed by atoms with van der Waals surface area (Å²) in [5, 5.41) is 0. The van der Waals surface area contributed by atoms with Crippen molar-refractivity contribution in [3.63, 3.8) is 0 Å². The summed E-state index contributed by atoms with van der Waals surface area (Å²) in [5.74, 6) is 1.11. The van der Waals surface area contributed by atoms with Crippen LogP contribution >= 0.6 is 8.30 Å². The topological polar surface area (TPSA) is 12.5 Å². The summed E-state index contributed by atoms with van der Waals surface area (Å²) in [6.07, 6.45) is 3.03. The van der Waals surface area contributed by atoms with Gasteiger partial charge in [0.2, 0.25) is 0 Å². The third-order valence-electron chi connectivity index (χ3n) is 4.74. The van der Waals surface area contributed by atoms with Crippen LogP contribution in [0.1, 0.15) is 12.8 Å². The molecule has 120 valence electrons. The lowest BCUT2D eigenvalue weighted by Gasteiger charge is -2.18. The van der Waals surface area contributed by atoms with Gasteiger partial charge in [0.1, 0.15) is 20.2 Å². The van der Waals surface area contributed by atoms with Crippen LogP contribution in [-0.2, 0) is 15.4 Å². The minimum Gasteiger partial charge on any atom is -0.334 e. The monoisotopic (exact) mass is 344 g/mol. The van der Waals surface area contributed by atoms with Crippen LogP contribution < -0.4 is 0 Å². The molecule has 2 aliphatic rings. The van der Waals surface area contributed by atoms with Gasteiger partial charge >= 0.3 is 0 Å². The summed E-state index contributed by atoms with van der Waals surface area (Å²) in [5.41, 5.74) is 0. The molecule has 0 spiro atoms. The van der Waals surface area contributed by atoms with Gasteiger partial charge in [-0.1, -0.05) is 36.4 Å². The molecule has 2 aromatic rings. The van der Waals surface area contributed by atoms with Crippen molar-refractivity contribution >= 4 is 19.2 Å². The second-order valence-electron chi connectivity index (χ2n) is 6.16. The quantitative estimate of drug-likeness (QED) is 0.597. The molecule has 2 saturated heterocycles. The number of fused-ring (bicyclic) bond motifs is 1. The van der Waals surface area contributed by atoms with Crippen LogP contribution in [-0.4, -0.2) is 35.8 Å². The first kappa shape index (κ1) is 15.7. The normalized spacial score (nSPS) is 27.5. The van der Waals surface area contributed by atoms with E-state index in [4.69, 9.17) is 4.52 Å². The summed E-state index contributed by atoms with van der Waals surface area (Å²) in [7, 11) is -0.282. The highest BCUT2D eigenvalue weighted by atomic mass is 32.2. The Bertz CT molecular complexity index is 599. The van der Waals surface area contributed by atoms with E-state index in [-0.39, 0.29) is 19.2 Å².